The van der Waals surface area contributed by atoms with Gasteiger partial charge in [-0.25, -0.2) is 0 Å². The van der Waals surface area contributed by atoms with E-state index in [9.17, 15) is 14.4 Å². The molecule has 0 aliphatic heterocycles. The predicted molar refractivity (Wildman–Crippen MR) is 266 cm³/mol. The molecular weight excluding hydrogens is 769 g/mol. The van der Waals surface area contributed by atoms with Crippen molar-refractivity contribution in [2.75, 3.05) is 13.2 Å². The lowest BCUT2D eigenvalue weighted by molar-refractivity contribution is -0.167. The number of carbonyl (C=O) groups is 3. The molecule has 0 heterocycles. The van der Waals surface area contributed by atoms with Gasteiger partial charge in [0.25, 0.3) is 0 Å². The summed E-state index contributed by atoms with van der Waals surface area (Å²) in [6.45, 7) is 9.08. The van der Waals surface area contributed by atoms with Crippen LogP contribution in [0.25, 0.3) is 0 Å². The summed E-state index contributed by atoms with van der Waals surface area (Å²) in [4.78, 5) is 38.0. The quantitative estimate of drug-likeness (QED) is 0.0344. The summed E-state index contributed by atoms with van der Waals surface area (Å²) in [6.07, 6.45) is 53.6. The van der Waals surface area contributed by atoms with Gasteiger partial charge in [-0.1, -0.05) is 278 Å². The Balaban J connectivity index is 4.28. The summed E-state index contributed by atoms with van der Waals surface area (Å²) in [7, 11) is 0. The summed E-state index contributed by atoms with van der Waals surface area (Å²) in [5, 5.41) is 0. The zero-order valence-electron chi connectivity index (χ0n) is 42.3. The molecule has 0 aromatic heterocycles. The van der Waals surface area contributed by atoms with Crippen LogP contribution in [0.15, 0.2) is 0 Å². The highest BCUT2D eigenvalue weighted by molar-refractivity contribution is 5.71. The summed E-state index contributed by atoms with van der Waals surface area (Å²) in [5.41, 5.74) is 0. The van der Waals surface area contributed by atoms with E-state index in [1.165, 1.54) is 212 Å². The van der Waals surface area contributed by atoms with Gasteiger partial charge in [0.05, 0.1) is 0 Å². The smallest absolute Gasteiger partial charge is 0.306 e. The highest BCUT2D eigenvalue weighted by atomic mass is 16.6. The maximum Gasteiger partial charge on any atom is 0.306 e. The standard InChI is InChI=1S/C56H108O6/c1-5-8-10-12-14-16-18-20-24-29-33-37-41-45-49-56(59)62-53(50-60-54(57)47-43-39-35-31-27-19-17-15-13-11-9-6-2)51-61-55(58)48-44-40-36-32-28-25-22-21-23-26-30-34-38-42-46-52(4)7-3/h52-53H,5-51H2,1-4H3/t52?,53-/m0/s1. The molecule has 0 aliphatic carbocycles. The van der Waals surface area contributed by atoms with Gasteiger partial charge in [0.2, 0.25) is 0 Å². The molecule has 0 bridgehead atoms. The molecule has 0 fully saturated rings. The van der Waals surface area contributed by atoms with E-state index >= 15 is 0 Å². The Morgan fingerprint density at radius 2 is 0.565 bits per heavy atom. The van der Waals surface area contributed by atoms with Crippen molar-refractivity contribution in [3.63, 3.8) is 0 Å². The molecule has 0 radical (unpaired) electrons. The topological polar surface area (TPSA) is 78.9 Å². The molecule has 62 heavy (non-hydrogen) atoms. The molecular formula is C56H108O6. The molecule has 0 saturated carbocycles. The highest BCUT2D eigenvalue weighted by Crippen LogP contribution is 2.18. The molecule has 0 aromatic carbocycles. The Morgan fingerprint density at radius 3 is 0.839 bits per heavy atom. The second-order valence-electron chi connectivity index (χ2n) is 19.5. The Bertz CT molecular complexity index is 935. The molecule has 0 amide bonds. The first-order valence-corrected chi connectivity index (χ1v) is 27.9. The monoisotopic (exact) mass is 877 g/mol. The van der Waals surface area contributed by atoms with E-state index in [0.29, 0.717) is 19.3 Å². The van der Waals surface area contributed by atoms with Crippen LogP contribution in [-0.4, -0.2) is 37.2 Å². The lowest BCUT2D eigenvalue weighted by Crippen LogP contribution is -2.30. The van der Waals surface area contributed by atoms with Crippen molar-refractivity contribution in [1.82, 2.24) is 0 Å². The number of hydrogen-bond acceptors (Lipinski definition) is 6. The fraction of sp³-hybridized carbons (Fsp3) is 0.946. The minimum absolute atomic E-state index is 0.0621. The van der Waals surface area contributed by atoms with Crippen LogP contribution in [0.4, 0.5) is 0 Å². The van der Waals surface area contributed by atoms with E-state index in [4.69, 9.17) is 14.2 Å². The number of carbonyl (C=O) groups excluding carboxylic acids is 3. The lowest BCUT2D eigenvalue weighted by Gasteiger charge is -2.18. The summed E-state index contributed by atoms with van der Waals surface area (Å²) in [5.74, 6) is 0.0576. The first-order chi connectivity index (χ1) is 30.4. The Labute approximate surface area is 387 Å². The number of hydrogen-bond donors (Lipinski definition) is 0. The third-order valence-corrected chi connectivity index (χ3v) is 13.2. The van der Waals surface area contributed by atoms with Crippen LogP contribution < -0.4 is 0 Å². The van der Waals surface area contributed by atoms with Crippen LogP contribution in [0.2, 0.25) is 0 Å². The van der Waals surface area contributed by atoms with E-state index < -0.39 is 6.10 Å². The molecule has 0 rings (SSSR count). The number of esters is 3. The van der Waals surface area contributed by atoms with Crippen molar-refractivity contribution in [3.05, 3.63) is 0 Å². The maximum absolute atomic E-state index is 12.8. The third-order valence-electron chi connectivity index (χ3n) is 13.2. The third kappa shape index (κ3) is 47.9. The van der Waals surface area contributed by atoms with E-state index in [0.717, 1.165) is 63.7 Å². The van der Waals surface area contributed by atoms with Gasteiger partial charge < -0.3 is 14.2 Å². The van der Waals surface area contributed by atoms with Crippen molar-refractivity contribution >= 4 is 17.9 Å². The Hall–Kier alpha value is -1.59. The minimum Gasteiger partial charge on any atom is -0.462 e. The van der Waals surface area contributed by atoms with Crippen molar-refractivity contribution in [1.29, 1.82) is 0 Å². The molecule has 0 N–H and O–H groups in total. The summed E-state index contributed by atoms with van der Waals surface area (Å²) < 4.78 is 16.9. The highest BCUT2D eigenvalue weighted by Gasteiger charge is 2.19. The van der Waals surface area contributed by atoms with Crippen LogP contribution in [0.1, 0.15) is 317 Å². The van der Waals surface area contributed by atoms with Gasteiger partial charge >= 0.3 is 17.9 Å². The van der Waals surface area contributed by atoms with Crippen LogP contribution in [0, 0.1) is 5.92 Å². The van der Waals surface area contributed by atoms with E-state index in [-0.39, 0.29) is 31.1 Å². The van der Waals surface area contributed by atoms with E-state index in [1.54, 1.807) is 0 Å². The second-order valence-corrected chi connectivity index (χ2v) is 19.5. The summed E-state index contributed by atoms with van der Waals surface area (Å²) >= 11 is 0. The molecule has 0 spiro atoms. The Kier molecular flexibility index (Phi) is 49.1. The minimum atomic E-state index is -0.761. The van der Waals surface area contributed by atoms with Gasteiger partial charge in [-0.2, -0.15) is 0 Å². The van der Waals surface area contributed by atoms with Crippen LogP contribution in [0.5, 0.6) is 0 Å². The van der Waals surface area contributed by atoms with Crippen molar-refractivity contribution < 1.29 is 28.6 Å². The molecule has 368 valence electrons. The summed E-state index contributed by atoms with van der Waals surface area (Å²) in [6, 6.07) is 0. The average Bonchev–Trinajstić information content (AvgIpc) is 3.27. The lowest BCUT2D eigenvalue weighted by atomic mass is 9.99. The largest absolute Gasteiger partial charge is 0.462 e. The molecule has 1 unspecified atom stereocenters. The molecule has 2 atom stereocenters. The molecule has 0 aromatic rings. The van der Waals surface area contributed by atoms with E-state index in [2.05, 4.69) is 27.7 Å². The first-order valence-electron chi connectivity index (χ1n) is 27.9. The predicted octanol–water partition coefficient (Wildman–Crippen LogP) is 18.2. The maximum atomic E-state index is 12.8. The van der Waals surface area contributed by atoms with Crippen LogP contribution in [-0.2, 0) is 28.6 Å². The SMILES string of the molecule is CCCCCCCCCCCCCCCCC(=O)O[C@@H](COC(=O)CCCCCCCCCCCCCC)COC(=O)CCCCCCCCCCCCCCCCC(C)CC. The zero-order chi connectivity index (χ0) is 45.2. The van der Waals surface area contributed by atoms with Crippen LogP contribution in [0.3, 0.4) is 0 Å². The molecule has 6 nitrogen and oxygen atoms in total. The number of unbranched alkanes of at least 4 members (excludes halogenated alkanes) is 37. The van der Waals surface area contributed by atoms with E-state index in [1.807, 2.05) is 0 Å². The molecule has 0 saturated heterocycles. The average molecular weight is 877 g/mol. The fourth-order valence-electron chi connectivity index (χ4n) is 8.54. The van der Waals surface area contributed by atoms with Gasteiger partial charge in [0.15, 0.2) is 6.10 Å². The van der Waals surface area contributed by atoms with Crippen molar-refractivity contribution in [3.8, 4) is 0 Å². The fourth-order valence-corrected chi connectivity index (χ4v) is 8.54. The molecule has 0 aliphatic rings. The zero-order valence-corrected chi connectivity index (χ0v) is 42.3. The van der Waals surface area contributed by atoms with Gasteiger partial charge in [-0.3, -0.25) is 14.4 Å². The van der Waals surface area contributed by atoms with Gasteiger partial charge in [0.1, 0.15) is 13.2 Å². The molecule has 6 heteroatoms. The number of rotatable bonds is 51. The number of ether oxygens (including phenoxy) is 3. The van der Waals surface area contributed by atoms with Gasteiger partial charge in [-0.05, 0) is 25.2 Å². The second kappa shape index (κ2) is 50.4. The van der Waals surface area contributed by atoms with Gasteiger partial charge in [-0.15, -0.1) is 0 Å². The van der Waals surface area contributed by atoms with Crippen molar-refractivity contribution in [2.45, 2.75) is 323 Å². The normalized spacial score (nSPS) is 12.4. The van der Waals surface area contributed by atoms with Crippen molar-refractivity contribution in [2.24, 2.45) is 5.92 Å². The first kappa shape index (κ1) is 60.4. The Morgan fingerprint density at radius 1 is 0.323 bits per heavy atom. The van der Waals surface area contributed by atoms with Gasteiger partial charge in [0, 0.05) is 19.3 Å². The van der Waals surface area contributed by atoms with Crippen LogP contribution >= 0.6 is 0 Å².